The standard InChI is InChI=1S/C18H25NO/c1-14-7-8-16-13-19(2)10-9-18(16,12-14)15-5-4-6-17(11-15)20-3/h4-6,11,16H,1,7-10,12-13H2,2-3H3/t16-,18-/m0/s1. The van der Waals surface area contributed by atoms with Gasteiger partial charge in [0.25, 0.3) is 0 Å². The van der Waals surface area contributed by atoms with E-state index in [1.54, 1.807) is 7.11 Å². The van der Waals surface area contributed by atoms with E-state index in [1.807, 2.05) is 6.07 Å². The number of fused-ring (bicyclic) bond motifs is 1. The van der Waals surface area contributed by atoms with Crippen LogP contribution in [0.4, 0.5) is 0 Å². The molecule has 0 aromatic heterocycles. The largest absolute Gasteiger partial charge is 0.497 e. The van der Waals surface area contributed by atoms with Gasteiger partial charge in [0, 0.05) is 12.0 Å². The van der Waals surface area contributed by atoms with Crippen LogP contribution in [0.3, 0.4) is 0 Å². The molecule has 1 saturated heterocycles. The first kappa shape index (κ1) is 13.7. The summed E-state index contributed by atoms with van der Waals surface area (Å²) in [6.45, 7) is 6.69. The van der Waals surface area contributed by atoms with Gasteiger partial charge in [0.2, 0.25) is 0 Å². The zero-order chi connectivity index (χ0) is 14.2. The first-order valence-corrected chi connectivity index (χ1v) is 7.64. The molecule has 0 amide bonds. The highest BCUT2D eigenvalue weighted by Crippen LogP contribution is 2.50. The molecule has 2 fully saturated rings. The Kier molecular flexibility index (Phi) is 3.59. The normalized spacial score (nSPS) is 30.9. The molecule has 0 radical (unpaired) electrons. The number of nitrogens with zero attached hydrogens (tertiary/aromatic N) is 1. The van der Waals surface area contributed by atoms with Crippen LogP contribution in [0.2, 0.25) is 0 Å². The quantitative estimate of drug-likeness (QED) is 0.762. The predicted molar refractivity (Wildman–Crippen MR) is 83.3 cm³/mol. The van der Waals surface area contributed by atoms with Gasteiger partial charge in [-0.1, -0.05) is 24.3 Å². The van der Waals surface area contributed by atoms with E-state index in [-0.39, 0.29) is 5.41 Å². The molecule has 1 aromatic rings. The molecule has 2 heteroatoms. The summed E-state index contributed by atoms with van der Waals surface area (Å²) >= 11 is 0. The van der Waals surface area contributed by atoms with Crippen molar-refractivity contribution in [1.82, 2.24) is 4.90 Å². The summed E-state index contributed by atoms with van der Waals surface area (Å²) in [7, 11) is 4.00. The van der Waals surface area contributed by atoms with E-state index in [2.05, 4.69) is 36.7 Å². The molecule has 0 spiro atoms. The summed E-state index contributed by atoms with van der Waals surface area (Å²) in [4.78, 5) is 2.48. The second-order valence-electron chi connectivity index (χ2n) is 6.56. The molecule has 20 heavy (non-hydrogen) atoms. The highest BCUT2D eigenvalue weighted by molar-refractivity contribution is 5.37. The highest BCUT2D eigenvalue weighted by Gasteiger charge is 2.45. The van der Waals surface area contributed by atoms with Crippen LogP contribution in [0.1, 0.15) is 31.2 Å². The molecule has 1 aromatic carbocycles. The Balaban J connectivity index is 2.01. The van der Waals surface area contributed by atoms with Crippen molar-refractivity contribution in [3.63, 3.8) is 0 Å². The first-order valence-electron chi connectivity index (χ1n) is 7.64. The van der Waals surface area contributed by atoms with Crippen molar-refractivity contribution in [1.29, 1.82) is 0 Å². The van der Waals surface area contributed by atoms with E-state index < -0.39 is 0 Å². The monoisotopic (exact) mass is 271 g/mol. The summed E-state index contributed by atoms with van der Waals surface area (Å²) in [6, 6.07) is 8.72. The third kappa shape index (κ3) is 2.26. The fraction of sp³-hybridized carbons (Fsp3) is 0.556. The number of piperidine rings is 1. The maximum absolute atomic E-state index is 5.44. The van der Waals surface area contributed by atoms with E-state index in [1.165, 1.54) is 43.5 Å². The zero-order valence-electron chi connectivity index (χ0n) is 12.7. The Morgan fingerprint density at radius 3 is 3.05 bits per heavy atom. The van der Waals surface area contributed by atoms with Crippen molar-refractivity contribution in [3.8, 4) is 5.75 Å². The molecule has 108 valence electrons. The Labute approximate surface area is 122 Å². The molecular formula is C18H25NO. The Morgan fingerprint density at radius 1 is 1.40 bits per heavy atom. The molecule has 2 atom stereocenters. The number of allylic oxidation sites excluding steroid dienone is 1. The maximum Gasteiger partial charge on any atom is 0.119 e. The summed E-state index contributed by atoms with van der Waals surface area (Å²) in [5.74, 6) is 1.73. The molecule has 2 aliphatic rings. The van der Waals surface area contributed by atoms with Crippen molar-refractivity contribution in [2.75, 3.05) is 27.2 Å². The summed E-state index contributed by atoms with van der Waals surface area (Å²) in [6.07, 6.45) is 4.86. The number of likely N-dealkylation sites (tertiary alicyclic amines) is 1. The molecule has 1 aliphatic heterocycles. The van der Waals surface area contributed by atoms with Crippen LogP contribution in [-0.2, 0) is 5.41 Å². The van der Waals surface area contributed by atoms with Crippen LogP contribution in [0, 0.1) is 5.92 Å². The van der Waals surface area contributed by atoms with Crippen LogP contribution in [-0.4, -0.2) is 32.1 Å². The minimum Gasteiger partial charge on any atom is -0.497 e. The van der Waals surface area contributed by atoms with Gasteiger partial charge >= 0.3 is 0 Å². The summed E-state index contributed by atoms with van der Waals surface area (Å²) < 4.78 is 5.44. The number of benzene rings is 1. The van der Waals surface area contributed by atoms with Gasteiger partial charge in [-0.05, 0) is 62.9 Å². The Bertz CT molecular complexity index is 510. The van der Waals surface area contributed by atoms with Gasteiger partial charge in [-0.3, -0.25) is 0 Å². The summed E-state index contributed by atoms with van der Waals surface area (Å²) in [5, 5.41) is 0. The number of ether oxygens (including phenoxy) is 1. The number of hydrogen-bond donors (Lipinski definition) is 0. The van der Waals surface area contributed by atoms with Crippen molar-refractivity contribution in [2.45, 2.75) is 31.1 Å². The lowest BCUT2D eigenvalue weighted by atomic mass is 9.58. The van der Waals surface area contributed by atoms with Gasteiger partial charge < -0.3 is 9.64 Å². The van der Waals surface area contributed by atoms with E-state index in [0.717, 1.165) is 18.1 Å². The highest BCUT2D eigenvalue weighted by atomic mass is 16.5. The third-order valence-corrected chi connectivity index (χ3v) is 5.31. The third-order valence-electron chi connectivity index (χ3n) is 5.31. The fourth-order valence-corrected chi connectivity index (χ4v) is 4.16. The molecule has 1 heterocycles. The number of methoxy groups -OCH3 is 1. The van der Waals surface area contributed by atoms with Crippen LogP contribution in [0.25, 0.3) is 0 Å². The smallest absolute Gasteiger partial charge is 0.119 e. The molecule has 3 rings (SSSR count). The van der Waals surface area contributed by atoms with Gasteiger partial charge in [0.1, 0.15) is 5.75 Å². The summed E-state index contributed by atoms with van der Waals surface area (Å²) in [5.41, 5.74) is 3.17. The minimum absolute atomic E-state index is 0.288. The maximum atomic E-state index is 5.44. The van der Waals surface area contributed by atoms with E-state index in [0.29, 0.717) is 0 Å². The molecular weight excluding hydrogens is 246 g/mol. The fourth-order valence-electron chi connectivity index (χ4n) is 4.16. The van der Waals surface area contributed by atoms with Gasteiger partial charge in [0.15, 0.2) is 0 Å². The van der Waals surface area contributed by atoms with Crippen LogP contribution in [0.15, 0.2) is 36.4 Å². The van der Waals surface area contributed by atoms with E-state index in [4.69, 9.17) is 4.74 Å². The molecule has 0 N–H and O–H groups in total. The van der Waals surface area contributed by atoms with Gasteiger partial charge in [-0.15, -0.1) is 0 Å². The van der Waals surface area contributed by atoms with Gasteiger partial charge in [-0.2, -0.15) is 0 Å². The van der Waals surface area contributed by atoms with Crippen LogP contribution < -0.4 is 4.74 Å². The lowest BCUT2D eigenvalue weighted by Crippen LogP contribution is -2.50. The Hall–Kier alpha value is -1.28. The molecule has 1 saturated carbocycles. The van der Waals surface area contributed by atoms with Crippen molar-refractivity contribution in [3.05, 3.63) is 42.0 Å². The average Bonchev–Trinajstić information content (AvgIpc) is 2.47. The molecule has 0 unspecified atom stereocenters. The SMILES string of the molecule is C=C1CC[C@H]2CN(C)CC[C@@]2(c2cccc(OC)c2)C1. The topological polar surface area (TPSA) is 12.5 Å². The van der Waals surface area contributed by atoms with Crippen LogP contribution >= 0.6 is 0 Å². The molecule has 1 aliphatic carbocycles. The molecule has 0 bridgehead atoms. The molecule has 2 nitrogen and oxygen atoms in total. The first-order chi connectivity index (χ1) is 9.64. The average molecular weight is 271 g/mol. The van der Waals surface area contributed by atoms with E-state index >= 15 is 0 Å². The van der Waals surface area contributed by atoms with E-state index in [9.17, 15) is 0 Å². The second kappa shape index (κ2) is 5.25. The van der Waals surface area contributed by atoms with Gasteiger partial charge in [-0.25, -0.2) is 0 Å². The lowest BCUT2D eigenvalue weighted by molar-refractivity contribution is 0.0877. The minimum atomic E-state index is 0.288. The van der Waals surface area contributed by atoms with Gasteiger partial charge in [0.05, 0.1) is 7.11 Å². The predicted octanol–water partition coefficient (Wildman–Crippen LogP) is 3.62. The zero-order valence-corrected chi connectivity index (χ0v) is 12.7. The van der Waals surface area contributed by atoms with Crippen LogP contribution in [0.5, 0.6) is 5.75 Å². The van der Waals surface area contributed by atoms with Crippen molar-refractivity contribution < 1.29 is 4.74 Å². The van der Waals surface area contributed by atoms with Crippen molar-refractivity contribution in [2.24, 2.45) is 5.92 Å². The number of rotatable bonds is 2. The Morgan fingerprint density at radius 2 is 2.25 bits per heavy atom. The van der Waals surface area contributed by atoms with Crippen molar-refractivity contribution >= 4 is 0 Å². The lowest BCUT2D eigenvalue weighted by Gasteiger charge is -2.51. The number of hydrogen-bond acceptors (Lipinski definition) is 2. The second-order valence-corrected chi connectivity index (χ2v) is 6.56.